The van der Waals surface area contributed by atoms with Crippen LogP contribution in [0, 0.1) is 5.92 Å². The summed E-state index contributed by atoms with van der Waals surface area (Å²) in [6.07, 6.45) is 6.89. The molecule has 2 atom stereocenters. The van der Waals surface area contributed by atoms with E-state index in [0.717, 1.165) is 19.3 Å². The number of nitrogens with zero attached hydrogens (tertiary/aromatic N) is 6. The number of aliphatic carboxylic acids is 1. The molecule has 1 aliphatic rings. The topological polar surface area (TPSA) is 137 Å². The second kappa shape index (κ2) is 10.2. The van der Waals surface area contributed by atoms with Crippen molar-refractivity contribution in [3.63, 3.8) is 0 Å². The van der Waals surface area contributed by atoms with E-state index in [1.807, 2.05) is 6.92 Å². The van der Waals surface area contributed by atoms with E-state index in [1.54, 1.807) is 42.3 Å². The number of aryl methyl sites for hydroxylation is 1. The van der Waals surface area contributed by atoms with Gasteiger partial charge in [0.05, 0.1) is 30.5 Å². The number of carboxylic acid groups (broad SMARTS) is 1. The molecular formula is C22H27N7O4. The van der Waals surface area contributed by atoms with Gasteiger partial charge in [0, 0.05) is 19.3 Å². The summed E-state index contributed by atoms with van der Waals surface area (Å²) < 4.78 is 13.1. The van der Waals surface area contributed by atoms with Gasteiger partial charge in [-0.15, -0.1) is 5.10 Å². The molecule has 3 aromatic heterocycles. The molecule has 0 amide bonds. The molecule has 33 heavy (non-hydrogen) atoms. The maximum Gasteiger partial charge on any atom is 0.306 e. The molecule has 11 nitrogen and oxygen atoms in total. The highest BCUT2D eigenvalue weighted by atomic mass is 16.5. The minimum absolute atomic E-state index is 0.124. The highest BCUT2D eigenvalue weighted by molar-refractivity contribution is 5.71. The van der Waals surface area contributed by atoms with Crippen LogP contribution in [0.5, 0.6) is 11.6 Å². The molecule has 3 heterocycles. The first-order chi connectivity index (χ1) is 16.0. The van der Waals surface area contributed by atoms with Crippen LogP contribution in [-0.4, -0.2) is 53.7 Å². The molecule has 0 radical (unpaired) electrons. The van der Waals surface area contributed by atoms with E-state index in [0.29, 0.717) is 54.2 Å². The Balaban J connectivity index is 1.46. The van der Waals surface area contributed by atoms with Gasteiger partial charge in [-0.2, -0.15) is 4.98 Å². The van der Waals surface area contributed by atoms with Crippen molar-refractivity contribution >= 4 is 17.7 Å². The third kappa shape index (κ3) is 5.54. The van der Waals surface area contributed by atoms with Crippen molar-refractivity contribution in [3.05, 3.63) is 30.6 Å². The number of pyridine rings is 1. The lowest BCUT2D eigenvalue weighted by Gasteiger charge is -2.27. The Bertz CT molecular complexity index is 1090. The monoisotopic (exact) mass is 453 g/mol. The van der Waals surface area contributed by atoms with Crippen LogP contribution in [0.1, 0.15) is 39.0 Å². The Morgan fingerprint density at radius 3 is 2.91 bits per heavy atom. The van der Waals surface area contributed by atoms with Crippen molar-refractivity contribution in [2.24, 2.45) is 13.0 Å². The van der Waals surface area contributed by atoms with E-state index in [2.05, 4.69) is 30.6 Å². The van der Waals surface area contributed by atoms with Crippen molar-refractivity contribution in [2.45, 2.75) is 45.1 Å². The fourth-order valence-electron chi connectivity index (χ4n) is 3.72. The van der Waals surface area contributed by atoms with Gasteiger partial charge < -0.3 is 19.9 Å². The number of aromatic nitrogens is 6. The molecule has 1 fully saturated rings. The van der Waals surface area contributed by atoms with E-state index < -0.39 is 5.97 Å². The maximum atomic E-state index is 11.3. The van der Waals surface area contributed by atoms with Crippen LogP contribution in [0.15, 0.2) is 30.6 Å². The number of rotatable bonds is 9. The van der Waals surface area contributed by atoms with Gasteiger partial charge in [-0.05, 0) is 44.2 Å². The van der Waals surface area contributed by atoms with Crippen LogP contribution >= 0.6 is 0 Å². The molecule has 3 aromatic rings. The molecule has 0 bridgehead atoms. The minimum atomic E-state index is -0.758. The molecule has 1 saturated carbocycles. The Hall–Kier alpha value is -3.76. The average molecular weight is 454 g/mol. The zero-order chi connectivity index (χ0) is 23.2. The molecular weight excluding hydrogens is 426 g/mol. The van der Waals surface area contributed by atoms with Crippen LogP contribution in [-0.2, 0) is 11.8 Å². The first-order valence-electron chi connectivity index (χ1n) is 11.0. The predicted octanol–water partition coefficient (Wildman–Crippen LogP) is 3.22. The number of hydrogen-bond donors (Lipinski definition) is 2. The fourth-order valence-corrected chi connectivity index (χ4v) is 3.72. The first-order valence-corrected chi connectivity index (χ1v) is 11.0. The van der Waals surface area contributed by atoms with Crippen molar-refractivity contribution in [2.75, 3.05) is 11.9 Å². The zero-order valence-corrected chi connectivity index (χ0v) is 18.6. The molecule has 0 saturated heterocycles. The summed E-state index contributed by atoms with van der Waals surface area (Å²) in [6.45, 7) is 2.60. The number of ether oxygens (including phenoxy) is 2. The van der Waals surface area contributed by atoms with Crippen LogP contribution < -0.4 is 14.8 Å². The van der Waals surface area contributed by atoms with E-state index in [1.165, 1.54) is 0 Å². The quantitative estimate of drug-likeness (QED) is 0.497. The van der Waals surface area contributed by atoms with Gasteiger partial charge >= 0.3 is 5.97 Å². The molecule has 0 aliphatic heterocycles. The number of carbonyl (C=O) groups is 1. The van der Waals surface area contributed by atoms with Gasteiger partial charge in [0.1, 0.15) is 5.75 Å². The van der Waals surface area contributed by atoms with E-state index in [9.17, 15) is 9.90 Å². The Morgan fingerprint density at radius 1 is 1.27 bits per heavy atom. The van der Waals surface area contributed by atoms with E-state index in [4.69, 9.17) is 9.47 Å². The van der Waals surface area contributed by atoms with Gasteiger partial charge in [-0.1, -0.05) is 12.1 Å². The summed E-state index contributed by atoms with van der Waals surface area (Å²) >= 11 is 0. The van der Waals surface area contributed by atoms with Gasteiger partial charge in [0.15, 0.2) is 11.5 Å². The van der Waals surface area contributed by atoms with Gasteiger partial charge in [0.2, 0.25) is 11.8 Å². The first kappa shape index (κ1) is 22.4. The third-order valence-corrected chi connectivity index (χ3v) is 5.40. The van der Waals surface area contributed by atoms with Crippen molar-refractivity contribution in [1.29, 1.82) is 0 Å². The number of carboxylic acids is 1. The van der Waals surface area contributed by atoms with Crippen LogP contribution in [0.2, 0.25) is 0 Å². The summed E-state index contributed by atoms with van der Waals surface area (Å²) in [4.78, 5) is 24.4. The standard InChI is InChI=1S/C22H27N7O4/c1-3-11-32-18-9-10-23-22(25-18)26-20-19(27-28-29(20)2)17-8-7-16(13-24-17)33-15-6-4-5-14(12-15)21(30)31/h7-10,13-15H,3-6,11-12H2,1-2H3,(H,30,31)(H,23,25,26)/t14-,15-/m0/s1. The summed E-state index contributed by atoms with van der Waals surface area (Å²) in [5, 5.41) is 20.7. The number of hydrogen-bond acceptors (Lipinski definition) is 9. The summed E-state index contributed by atoms with van der Waals surface area (Å²) in [7, 11) is 1.76. The molecule has 4 rings (SSSR count). The summed E-state index contributed by atoms with van der Waals surface area (Å²) in [5.74, 6) is 0.917. The molecule has 0 aromatic carbocycles. The number of nitrogens with one attached hydrogen (secondary N) is 1. The second-order valence-electron chi connectivity index (χ2n) is 7.92. The lowest BCUT2D eigenvalue weighted by atomic mass is 9.87. The minimum Gasteiger partial charge on any atom is -0.489 e. The maximum absolute atomic E-state index is 11.3. The summed E-state index contributed by atoms with van der Waals surface area (Å²) in [5.41, 5.74) is 1.14. The van der Waals surface area contributed by atoms with Gasteiger partial charge in [-0.25, -0.2) is 9.67 Å². The second-order valence-corrected chi connectivity index (χ2v) is 7.92. The molecule has 174 valence electrons. The summed E-state index contributed by atoms with van der Waals surface area (Å²) in [6, 6.07) is 5.30. The van der Waals surface area contributed by atoms with E-state index >= 15 is 0 Å². The fraction of sp³-hybridized carbons (Fsp3) is 0.455. The van der Waals surface area contributed by atoms with Gasteiger partial charge in [-0.3, -0.25) is 9.78 Å². The molecule has 11 heteroatoms. The smallest absolute Gasteiger partial charge is 0.306 e. The Labute approximate surface area is 191 Å². The average Bonchev–Trinajstić information content (AvgIpc) is 3.18. The largest absolute Gasteiger partial charge is 0.489 e. The SMILES string of the molecule is CCCOc1ccnc(Nc2c(-c3ccc(O[C@H]4CCC[C@H](C(=O)O)C4)cn3)nnn2C)n1. The van der Waals surface area contributed by atoms with Crippen molar-refractivity contribution in [3.8, 4) is 23.0 Å². The molecule has 1 aliphatic carbocycles. The van der Waals surface area contributed by atoms with Crippen LogP contribution in [0.25, 0.3) is 11.4 Å². The molecule has 0 spiro atoms. The highest BCUT2D eigenvalue weighted by Crippen LogP contribution is 2.30. The molecule has 0 unspecified atom stereocenters. The Kier molecular flexibility index (Phi) is 6.96. The van der Waals surface area contributed by atoms with Crippen molar-refractivity contribution in [1.82, 2.24) is 29.9 Å². The van der Waals surface area contributed by atoms with E-state index in [-0.39, 0.29) is 12.0 Å². The normalized spacial score (nSPS) is 18.0. The third-order valence-electron chi connectivity index (χ3n) is 5.40. The van der Waals surface area contributed by atoms with Crippen LogP contribution in [0.4, 0.5) is 11.8 Å². The lowest BCUT2D eigenvalue weighted by molar-refractivity contribution is -0.143. The number of anilines is 2. The highest BCUT2D eigenvalue weighted by Gasteiger charge is 2.28. The van der Waals surface area contributed by atoms with Crippen molar-refractivity contribution < 1.29 is 19.4 Å². The zero-order valence-electron chi connectivity index (χ0n) is 18.6. The van der Waals surface area contributed by atoms with Gasteiger partial charge in [0.25, 0.3) is 0 Å². The molecule has 2 N–H and O–H groups in total. The lowest BCUT2D eigenvalue weighted by Crippen LogP contribution is -2.29. The Morgan fingerprint density at radius 2 is 2.15 bits per heavy atom. The van der Waals surface area contributed by atoms with Crippen LogP contribution in [0.3, 0.4) is 0 Å². The predicted molar refractivity (Wildman–Crippen MR) is 119 cm³/mol.